The van der Waals surface area contributed by atoms with E-state index in [1.165, 1.54) is 17.7 Å². The third-order valence-electron chi connectivity index (χ3n) is 5.38. The highest BCUT2D eigenvalue weighted by molar-refractivity contribution is 7.89. The molecule has 0 bridgehead atoms. The molecule has 0 radical (unpaired) electrons. The standard InChI is InChI=1S/C20H19ClFN3O4S/c1-11(13-7-2-5-12-6-3-8-14(12)13)18(19-23-24-20(26)29-19)25-30(27,28)16-10-4-9-15(21)17(16)22/h2,4-5,7,9-11,18,25H,3,6,8H2,1H3,(H,24,26). The molecule has 7 nitrogen and oxygen atoms in total. The fourth-order valence-electron chi connectivity index (χ4n) is 3.92. The van der Waals surface area contributed by atoms with E-state index < -0.39 is 38.5 Å². The molecule has 0 spiro atoms. The van der Waals surface area contributed by atoms with Gasteiger partial charge in [-0.2, -0.15) is 4.72 Å². The van der Waals surface area contributed by atoms with Crippen LogP contribution in [-0.4, -0.2) is 18.6 Å². The smallest absolute Gasteiger partial charge is 0.391 e. The number of rotatable bonds is 6. The highest BCUT2D eigenvalue weighted by atomic mass is 35.5. The summed E-state index contributed by atoms with van der Waals surface area (Å²) in [5.74, 6) is -2.44. The lowest BCUT2D eigenvalue weighted by molar-refractivity contribution is 0.380. The van der Waals surface area contributed by atoms with Crippen LogP contribution < -0.4 is 10.5 Å². The molecule has 1 heterocycles. The molecule has 2 unspecified atom stereocenters. The van der Waals surface area contributed by atoms with Crippen molar-refractivity contribution < 1.29 is 17.2 Å². The Balaban J connectivity index is 1.77. The van der Waals surface area contributed by atoms with Crippen LogP contribution in [0.4, 0.5) is 4.39 Å². The molecule has 0 amide bonds. The summed E-state index contributed by atoms with van der Waals surface area (Å²) in [5, 5.41) is 5.66. The predicted molar refractivity (Wildman–Crippen MR) is 108 cm³/mol. The fourth-order valence-corrected chi connectivity index (χ4v) is 5.52. The van der Waals surface area contributed by atoms with Crippen molar-refractivity contribution in [2.75, 3.05) is 0 Å². The van der Waals surface area contributed by atoms with Gasteiger partial charge in [-0.15, -0.1) is 5.10 Å². The highest BCUT2D eigenvalue weighted by Crippen LogP contribution is 2.37. The Bertz CT molecular complexity index is 1250. The second-order valence-corrected chi connectivity index (χ2v) is 9.32. The fraction of sp³-hybridized carbons (Fsp3) is 0.300. The number of hydrogen-bond donors (Lipinski definition) is 2. The maximum absolute atomic E-state index is 14.4. The van der Waals surface area contributed by atoms with Crippen LogP contribution in [0.15, 0.2) is 50.5 Å². The molecule has 4 rings (SSSR count). The summed E-state index contributed by atoms with van der Waals surface area (Å²) in [6.07, 6.45) is 2.85. The first kappa shape index (κ1) is 20.8. The van der Waals surface area contributed by atoms with Gasteiger partial charge in [-0.25, -0.2) is 22.7 Å². The van der Waals surface area contributed by atoms with Crippen LogP contribution in [-0.2, 0) is 22.9 Å². The zero-order valence-electron chi connectivity index (χ0n) is 16.0. The number of benzene rings is 2. The van der Waals surface area contributed by atoms with Crippen molar-refractivity contribution in [3.8, 4) is 0 Å². The molecular weight excluding hydrogens is 433 g/mol. The number of aromatic nitrogens is 2. The van der Waals surface area contributed by atoms with E-state index in [2.05, 4.69) is 14.9 Å². The van der Waals surface area contributed by atoms with Crippen LogP contribution in [0.3, 0.4) is 0 Å². The Morgan fingerprint density at radius 3 is 2.73 bits per heavy atom. The van der Waals surface area contributed by atoms with E-state index in [9.17, 15) is 17.6 Å². The van der Waals surface area contributed by atoms with Crippen LogP contribution in [0, 0.1) is 5.82 Å². The monoisotopic (exact) mass is 451 g/mol. The van der Waals surface area contributed by atoms with Gasteiger partial charge in [-0.1, -0.05) is 42.8 Å². The number of aromatic amines is 1. The Morgan fingerprint density at radius 2 is 2.00 bits per heavy atom. The summed E-state index contributed by atoms with van der Waals surface area (Å²) < 4.78 is 47.9. The second-order valence-electron chi connectivity index (χ2n) is 7.23. The van der Waals surface area contributed by atoms with E-state index in [0.717, 1.165) is 36.5 Å². The topological polar surface area (TPSA) is 105 Å². The molecule has 3 aromatic rings. The highest BCUT2D eigenvalue weighted by Gasteiger charge is 2.34. The minimum Gasteiger partial charge on any atom is -0.391 e. The van der Waals surface area contributed by atoms with E-state index in [-0.39, 0.29) is 10.9 Å². The molecule has 1 aliphatic carbocycles. The first-order valence-corrected chi connectivity index (χ1v) is 11.3. The van der Waals surface area contributed by atoms with Crippen molar-refractivity contribution in [2.24, 2.45) is 0 Å². The van der Waals surface area contributed by atoms with Gasteiger partial charge in [-0.05, 0) is 48.1 Å². The van der Waals surface area contributed by atoms with Gasteiger partial charge in [-0.3, -0.25) is 0 Å². The van der Waals surface area contributed by atoms with Crippen molar-refractivity contribution in [3.05, 3.63) is 80.4 Å². The first-order valence-electron chi connectivity index (χ1n) is 9.40. The van der Waals surface area contributed by atoms with Crippen LogP contribution in [0.25, 0.3) is 0 Å². The molecule has 30 heavy (non-hydrogen) atoms. The maximum Gasteiger partial charge on any atom is 0.434 e. The number of H-pyrrole nitrogens is 1. The summed E-state index contributed by atoms with van der Waals surface area (Å²) in [4.78, 5) is 10.9. The largest absolute Gasteiger partial charge is 0.434 e. The molecule has 0 saturated heterocycles. The lowest BCUT2D eigenvalue weighted by Gasteiger charge is -2.24. The molecular formula is C20H19ClFN3O4S. The quantitative estimate of drug-likeness (QED) is 0.597. The summed E-state index contributed by atoms with van der Waals surface area (Å²) in [5.41, 5.74) is 3.29. The Hall–Kier alpha value is -2.49. The number of fused-ring (bicyclic) bond motifs is 1. The van der Waals surface area contributed by atoms with Crippen LogP contribution in [0.1, 0.15) is 47.9 Å². The van der Waals surface area contributed by atoms with Gasteiger partial charge in [0, 0.05) is 5.92 Å². The molecule has 1 aromatic heterocycles. The number of nitrogens with zero attached hydrogens (tertiary/aromatic N) is 1. The van der Waals surface area contributed by atoms with Crippen molar-refractivity contribution in [2.45, 2.75) is 43.0 Å². The SMILES string of the molecule is CC(c1cccc2c1CCC2)C(NS(=O)(=O)c1cccc(Cl)c1F)c1n[nH]c(=O)o1. The van der Waals surface area contributed by atoms with Gasteiger partial charge in [0.2, 0.25) is 15.9 Å². The lowest BCUT2D eigenvalue weighted by atomic mass is 9.88. The summed E-state index contributed by atoms with van der Waals surface area (Å²) in [6.45, 7) is 1.81. The first-order chi connectivity index (χ1) is 14.3. The van der Waals surface area contributed by atoms with E-state index in [1.54, 1.807) is 0 Å². The zero-order chi connectivity index (χ0) is 21.5. The van der Waals surface area contributed by atoms with Gasteiger partial charge in [0.25, 0.3) is 0 Å². The van der Waals surface area contributed by atoms with Gasteiger partial charge in [0.1, 0.15) is 10.9 Å². The molecule has 10 heteroatoms. The Labute approximate surface area is 177 Å². The average molecular weight is 452 g/mol. The number of halogens is 2. The van der Waals surface area contributed by atoms with Gasteiger partial charge in [0.15, 0.2) is 5.82 Å². The maximum atomic E-state index is 14.4. The van der Waals surface area contributed by atoms with E-state index >= 15 is 0 Å². The molecule has 158 valence electrons. The van der Waals surface area contributed by atoms with Crippen molar-refractivity contribution in [1.82, 2.24) is 14.9 Å². The Morgan fingerprint density at radius 1 is 1.23 bits per heavy atom. The number of sulfonamides is 1. The third-order valence-corrected chi connectivity index (χ3v) is 7.13. The summed E-state index contributed by atoms with van der Waals surface area (Å²) in [6, 6.07) is 8.56. The second kappa shape index (κ2) is 7.98. The van der Waals surface area contributed by atoms with Gasteiger partial charge < -0.3 is 4.42 Å². The zero-order valence-corrected chi connectivity index (χ0v) is 17.6. The summed E-state index contributed by atoms with van der Waals surface area (Å²) in [7, 11) is -4.34. The molecule has 0 saturated carbocycles. The number of aryl methyl sites for hydroxylation is 1. The molecule has 1 aliphatic rings. The van der Waals surface area contributed by atoms with E-state index in [4.69, 9.17) is 16.0 Å². The average Bonchev–Trinajstić information content (AvgIpc) is 3.36. The minimum atomic E-state index is -4.34. The van der Waals surface area contributed by atoms with Gasteiger partial charge in [0.05, 0.1) is 5.02 Å². The molecule has 2 aromatic carbocycles. The van der Waals surface area contributed by atoms with Crippen LogP contribution in [0.5, 0.6) is 0 Å². The minimum absolute atomic E-state index is 0.130. The number of nitrogens with one attached hydrogen (secondary N) is 2. The molecule has 2 N–H and O–H groups in total. The Kier molecular flexibility index (Phi) is 5.52. The summed E-state index contributed by atoms with van der Waals surface area (Å²) >= 11 is 5.75. The van der Waals surface area contributed by atoms with Crippen LogP contribution in [0.2, 0.25) is 5.02 Å². The molecule has 0 aliphatic heterocycles. The predicted octanol–water partition coefficient (Wildman–Crippen LogP) is 3.47. The van der Waals surface area contributed by atoms with E-state index in [1.807, 2.05) is 25.1 Å². The van der Waals surface area contributed by atoms with Gasteiger partial charge >= 0.3 is 5.76 Å². The normalized spacial score (nSPS) is 15.7. The number of hydrogen-bond acceptors (Lipinski definition) is 5. The molecule has 0 fully saturated rings. The lowest BCUT2D eigenvalue weighted by Crippen LogP contribution is -2.33. The molecule has 2 atom stereocenters. The van der Waals surface area contributed by atoms with Crippen molar-refractivity contribution in [1.29, 1.82) is 0 Å². The van der Waals surface area contributed by atoms with Crippen molar-refractivity contribution in [3.63, 3.8) is 0 Å². The van der Waals surface area contributed by atoms with E-state index in [0.29, 0.717) is 0 Å². The van der Waals surface area contributed by atoms with Crippen molar-refractivity contribution >= 4 is 21.6 Å². The third kappa shape index (κ3) is 3.80. The van der Waals surface area contributed by atoms with Crippen LogP contribution >= 0.6 is 11.6 Å².